The number of carbonyl (C=O) groups excluding carboxylic acids is 2. The largest absolute Gasteiger partial charge is 0.480 e. The van der Waals surface area contributed by atoms with Gasteiger partial charge in [-0.2, -0.15) is 4.98 Å². The minimum atomic E-state index is -4.73. The summed E-state index contributed by atoms with van der Waals surface area (Å²) in [5, 5.41) is 10.8. The smallest absolute Gasteiger partial charge is 0.437 e. The van der Waals surface area contributed by atoms with Gasteiger partial charge in [0.2, 0.25) is 19.5 Å². The molecule has 3 heterocycles. The van der Waals surface area contributed by atoms with Gasteiger partial charge in [0, 0.05) is 0 Å². The Kier molecular flexibility index (Phi) is 9.66. The number of halogens is 1. The van der Waals surface area contributed by atoms with Crippen LogP contribution in [-0.2, 0) is 41.9 Å². The lowest BCUT2D eigenvalue weighted by Gasteiger charge is -2.29. The first-order chi connectivity index (χ1) is 19.3. The zero-order chi connectivity index (χ0) is 31.7. The van der Waals surface area contributed by atoms with E-state index >= 15 is 4.39 Å². The number of fused-ring (bicyclic) bond motifs is 1. The van der Waals surface area contributed by atoms with E-state index in [9.17, 15) is 24.1 Å². The Labute approximate surface area is 239 Å². The fourth-order valence-electron chi connectivity index (χ4n) is 3.49. The molecule has 1 fully saturated rings. The summed E-state index contributed by atoms with van der Waals surface area (Å²) in [6.07, 6.45) is -3.64. The van der Waals surface area contributed by atoms with Crippen LogP contribution in [-0.4, -0.2) is 74.6 Å². The number of esters is 2. The average Bonchev–Trinajstić information content (AvgIpc) is 3.41. The first kappa shape index (κ1) is 33.3. The number of carbonyl (C=O) groups is 2. The quantitative estimate of drug-likeness (QED) is 0.142. The zero-order valence-corrected chi connectivity index (χ0v) is 24.9. The van der Waals surface area contributed by atoms with E-state index in [-0.39, 0.29) is 17.1 Å². The minimum absolute atomic E-state index is 0.129. The van der Waals surface area contributed by atoms with Crippen molar-refractivity contribution in [2.75, 3.05) is 25.9 Å². The van der Waals surface area contributed by atoms with Crippen molar-refractivity contribution < 1.29 is 51.4 Å². The maximum atomic E-state index is 15.5. The number of hydrogen-bond donors (Lipinski definition) is 3. The maximum Gasteiger partial charge on any atom is 0.480 e. The molecule has 0 spiro atoms. The van der Waals surface area contributed by atoms with Crippen LogP contribution < -0.4 is 11.3 Å². The summed E-state index contributed by atoms with van der Waals surface area (Å²) in [5.41, 5.74) is 0.737. The number of aliphatic hydroxyl groups is 1. The number of aliphatic hydroxyl groups excluding tert-OH is 1. The minimum Gasteiger partial charge on any atom is -0.437 e. The summed E-state index contributed by atoms with van der Waals surface area (Å²) in [5.74, 6) is -1.67. The Balaban J connectivity index is 1.82. The van der Waals surface area contributed by atoms with Crippen LogP contribution in [0, 0.1) is 10.8 Å². The van der Waals surface area contributed by atoms with E-state index in [0.29, 0.717) is 0 Å². The number of aromatic nitrogens is 4. The molecule has 0 radical (unpaired) electrons. The van der Waals surface area contributed by atoms with Gasteiger partial charge in [-0.25, -0.2) is 23.0 Å². The van der Waals surface area contributed by atoms with E-state index in [4.69, 9.17) is 33.5 Å². The predicted molar refractivity (Wildman–Crippen MR) is 143 cm³/mol. The fourth-order valence-corrected chi connectivity index (χ4v) is 4.43. The Morgan fingerprint density at radius 3 is 2.24 bits per heavy atom. The standard InChI is InChI=1S/C24H35FN5O11P/c1-8-24(15(31)13(25)18(41-24)30-10-27-14-16(30)28-21(26)29-17(14)32)9-38-42(35,39-11-36-19(33)22(2,3)4)40-12-37-20(34)23(5,6)7/h8,10,13,15,18,31H,1,9,11-12H2,2-7H3,(H3,26,28,29,32)/t13-,15+,18-,24-/m1/s1. The van der Waals surface area contributed by atoms with E-state index in [2.05, 4.69) is 21.5 Å². The molecule has 0 saturated carbocycles. The second-order valence-electron chi connectivity index (χ2n) is 11.4. The van der Waals surface area contributed by atoms with Crippen molar-refractivity contribution in [3.05, 3.63) is 29.3 Å². The first-order valence-electron chi connectivity index (χ1n) is 12.6. The maximum absolute atomic E-state index is 15.5. The molecule has 2 aromatic heterocycles. The van der Waals surface area contributed by atoms with Gasteiger partial charge in [0.15, 0.2) is 23.6 Å². The number of nitrogen functional groups attached to an aromatic ring is 1. The lowest BCUT2D eigenvalue weighted by molar-refractivity contribution is -0.164. The molecule has 1 saturated heterocycles. The SMILES string of the molecule is C=C[C@]1(COP(=O)(OCOC(=O)C(C)(C)C)OCOC(=O)C(C)(C)C)O[C@@H](n2cnc3c(=O)[nH]c(N)nc32)[C@H](F)[C@@H]1O. The lowest BCUT2D eigenvalue weighted by Crippen LogP contribution is -2.44. The lowest BCUT2D eigenvalue weighted by atomic mass is 9.97. The van der Waals surface area contributed by atoms with Gasteiger partial charge >= 0.3 is 19.8 Å². The van der Waals surface area contributed by atoms with Crippen LogP contribution in [0.2, 0.25) is 0 Å². The van der Waals surface area contributed by atoms with Crippen molar-refractivity contribution >= 4 is 36.9 Å². The summed E-state index contributed by atoms with van der Waals surface area (Å²) < 4.78 is 61.2. The van der Waals surface area contributed by atoms with Gasteiger partial charge in [-0.1, -0.05) is 6.08 Å². The number of H-pyrrole nitrogens is 1. The summed E-state index contributed by atoms with van der Waals surface area (Å²) in [6.45, 7) is 10.4. The van der Waals surface area contributed by atoms with Crippen molar-refractivity contribution in [3.63, 3.8) is 0 Å². The van der Waals surface area contributed by atoms with E-state index < -0.39 is 80.4 Å². The topological polar surface area (TPSA) is 216 Å². The summed E-state index contributed by atoms with van der Waals surface area (Å²) >= 11 is 0. The highest BCUT2D eigenvalue weighted by molar-refractivity contribution is 7.48. The second-order valence-corrected chi connectivity index (χ2v) is 13.1. The molecule has 0 amide bonds. The second kappa shape index (κ2) is 12.2. The van der Waals surface area contributed by atoms with Gasteiger partial charge in [-0.3, -0.25) is 28.5 Å². The zero-order valence-electron chi connectivity index (χ0n) is 24.0. The van der Waals surface area contributed by atoms with Crippen molar-refractivity contribution in [1.82, 2.24) is 19.5 Å². The molecule has 3 rings (SSSR count). The van der Waals surface area contributed by atoms with Gasteiger partial charge in [0.1, 0.15) is 11.7 Å². The summed E-state index contributed by atoms with van der Waals surface area (Å²) in [7, 11) is -4.73. The molecule has 4 atom stereocenters. The van der Waals surface area contributed by atoms with Crippen LogP contribution in [0.1, 0.15) is 47.8 Å². The number of ether oxygens (including phenoxy) is 3. The van der Waals surface area contributed by atoms with E-state index in [1.807, 2.05) is 0 Å². The monoisotopic (exact) mass is 619 g/mol. The highest BCUT2D eigenvalue weighted by atomic mass is 31.2. The molecule has 0 aliphatic carbocycles. The first-order valence-corrected chi connectivity index (χ1v) is 14.0. The number of anilines is 1. The van der Waals surface area contributed by atoms with Crippen molar-refractivity contribution in [1.29, 1.82) is 0 Å². The number of nitrogens with one attached hydrogen (secondary N) is 1. The van der Waals surface area contributed by atoms with Crippen molar-refractivity contribution in [2.24, 2.45) is 10.8 Å². The Hall–Kier alpha value is -3.21. The molecule has 42 heavy (non-hydrogen) atoms. The van der Waals surface area contributed by atoms with Crippen LogP contribution in [0.25, 0.3) is 11.2 Å². The normalized spacial score (nSPS) is 23.2. The third-order valence-electron chi connectivity index (χ3n) is 5.96. The molecule has 4 N–H and O–H groups in total. The molecular formula is C24H35FN5O11P. The third-order valence-corrected chi connectivity index (χ3v) is 7.25. The van der Waals surface area contributed by atoms with Crippen LogP contribution in [0.15, 0.2) is 23.8 Å². The average molecular weight is 620 g/mol. The highest BCUT2D eigenvalue weighted by Gasteiger charge is 2.56. The number of imidazole rings is 1. The molecule has 0 aromatic carbocycles. The number of rotatable bonds is 11. The van der Waals surface area contributed by atoms with Gasteiger partial charge in [-0.15, -0.1) is 6.58 Å². The van der Waals surface area contributed by atoms with Crippen LogP contribution >= 0.6 is 7.82 Å². The molecule has 0 bridgehead atoms. The number of nitrogens with zero attached hydrogens (tertiary/aromatic N) is 3. The molecule has 16 nitrogen and oxygen atoms in total. The Morgan fingerprint density at radius 1 is 1.19 bits per heavy atom. The summed E-state index contributed by atoms with van der Waals surface area (Å²) in [6, 6.07) is 0. The van der Waals surface area contributed by atoms with Gasteiger partial charge < -0.3 is 25.1 Å². The number of nitrogens with two attached hydrogens (primary N) is 1. The highest BCUT2D eigenvalue weighted by Crippen LogP contribution is 2.52. The third kappa shape index (κ3) is 7.22. The molecular weight excluding hydrogens is 584 g/mol. The van der Waals surface area contributed by atoms with Crippen molar-refractivity contribution in [2.45, 2.75) is 65.6 Å². The number of phosphoric ester groups is 1. The number of aromatic amines is 1. The Morgan fingerprint density at radius 2 is 1.74 bits per heavy atom. The number of hydrogen-bond acceptors (Lipinski definition) is 14. The molecule has 2 aromatic rings. The molecule has 18 heteroatoms. The fraction of sp³-hybridized carbons (Fsp3) is 0.625. The van der Waals surface area contributed by atoms with E-state index in [1.165, 1.54) is 0 Å². The molecule has 1 aliphatic heterocycles. The van der Waals surface area contributed by atoms with Gasteiger partial charge in [-0.05, 0) is 41.5 Å². The number of alkyl halides is 1. The van der Waals surface area contributed by atoms with Gasteiger partial charge in [0.05, 0.1) is 23.8 Å². The summed E-state index contributed by atoms with van der Waals surface area (Å²) in [4.78, 5) is 46.5. The van der Waals surface area contributed by atoms with Gasteiger partial charge in [0.25, 0.3) is 5.56 Å². The van der Waals surface area contributed by atoms with Crippen LogP contribution in [0.5, 0.6) is 0 Å². The van der Waals surface area contributed by atoms with Crippen LogP contribution in [0.3, 0.4) is 0 Å². The predicted octanol–water partition coefficient (Wildman–Crippen LogP) is 2.11. The molecule has 1 aliphatic rings. The molecule has 234 valence electrons. The number of phosphoric acid groups is 1. The molecule has 0 unspecified atom stereocenters. The van der Waals surface area contributed by atoms with E-state index in [0.717, 1.165) is 17.0 Å². The Bertz CT molecular complexity index is 1400. The van der Waals surface area contributed by atoms with Crippen molar-refractivity contribution in [3.8, 4) is 0 Å². The van der Waals surface area contributed by atoms with Crippen LogP contribution in [0.4, 0.5) is 10.3 Å². The van der Waals surface area contributed by atoms with E-state index in [1.54, 1.807) is 41.5 Å².